The summed E-state index contributed by atoms with van der Waals surface area (Å²) >= 11 is 8.58. The third-order valence-electron chi connectivity index (χ3n) is 3.08. The molecular formula is C12H11ClFIN4. The summed E-state index contributed by atoms with van der Waals surface area (Å²) < 4.78 is 14.1. The van der Waals surface area contributed by atoms with Crippen molar-refractivity contribution in [2.75, 3.05) is 13.7 Å². The highest BCUT2D eigenvalue weighted by atomic mass is 127. The molecule has 19 heavy (non-hydrogen) atoms. The highest BCUT2D eigenvalue weighted by molar-refractivity contribution is 14.1. The normalized spacial score (nSPS) is 26.1. The van der Waals surface area contributed by atoms with Crippen LogP contribution in [0.15, 0.2) is 35.0 Å². The number of nitrogens with one attached hydrogen (secondary N) is 2. The van der Waals surface area contributed by atoms with Crippen molar-refractivity contribution in [3.8, 4) is 0 Å². The third kappa shape index (κ3) is 2.21. The predicted molar refractivity (Wildman–Crippen MR) is 82.3 cm³/mol. The Morgan fingerprint density at radius 2 is 2.32 bits per heavy atom. The molecule has 1 unspecified atom stereocenters. The average molecular weight is 393 g/mol. The van der Waals surface area contributed by atoms with Crippen LogP contribution in [0.3, 0.4) is 0 Å². The van der Waals surface area contributed by atoms with Gasteiger partial charge in [-0.05, 0) is 34.7 Å². The lowest BCUT2D eigenvalue weighted by molar-refractivity contribution is 0.466. The highest BCUT2D eigenvalue weighted by Crippen LogP contribution is 2.38. The van der Waals surface area contributed by atoms with Crippen LogP contribution in [0.2, 0.25) is 0 Å². The van der Waals surface area contributed by atoms with Crippen LogP contribution in [0.1, 0.15) is 5.56 Å². The molecule has 0 saturated carbocycles. The molecule has 1 fully saturated rings. The van der Waals surface area contributed by atoms with Crippen molar-refractivity contribution in [2.24, 2.45) is 4.99 Å². The fourth-order valence-electron chi connectivity index (χ4n) is 2.27. The predicted octanol–water partition coefficient (Wildman–Crippen LogP) is 2.27. The van der Waals surface area contributed by atoms with Crippen molar-refractivity contribution >= 4 is 43.7 Å². The number of likely N-dealkylation sites (N-methyl/N-ethyl adjacent to an activating group) is 1. The maximum atomic E-state index is 13.4. The van der Waals surface area contributed by atoms with Crippen LogP contribution in [0.4, 0.5) is 4.39 Å². The average Bonchev–Trinajstić information content (AvgIpc) is 2.64. The van der Waals surface area contributed by atoms with E-state index in [1.807, 2.05) is 18.0 Å². The molecule has 7 heteroatoms. The molecule has 2 N–H and O–H groups in total. The summed E-state index contributed by atoms with van der Waals surface area (Å²) in [5.41, 5.74) is 2.33. The van der Waals surface area contributed by atoms with Crippen LogP contribution < -0.4 is 10.6 Å². The van der Waals surface area contributed by atoms with E-state index in [-0.39, 0.29) is 5.82 Å². The van der Waals surface area contributed by atoms with Crippen molar-refractivity contribution in [2.45, 2.75) is 5.12 Å². The van der Waals surface area contributed by atoms with Gasteiger partial charge in [0.1, 0.15) is 5.82 Å². The SMILES string of the molecule is CN1CNC2(Cl)N=C(I)NC(c3cccc(F)c3)=C12. The molecule has 2 aliphatic heterocycles. The van der Waals surface area contributed by atoms with Gasteiger partial charge < -0.3 is 10.2 Å². The molecule has 3 rings (SSSR count). The fraction of sp³-hybridized carbons (Fsp3) is 0.250. The summed E-state index contributed by atoms with van der Waals surface area (Å²) in [6.45, 7) is 0.590. The van der Waals surface area contributed by atoms with Gasteiger partial charge >= 0.3 is 0 Å². The van der Waals surface area contributed by atoms with E-state index >= 15 is 0 Å². The van der Waals surface area contributed by atoms with Crippen LogP contribution in [0.5, 0.6) is 0 Å². The zero-order chi connectivity index (χ0) is 13.6. The minimum atomic E-state index is -0.974. The summed E-state index contributed by atoms with van der Waals surface area (Å²) in [4.78, 5) is 6.34. The first-order valence-corrected chi connectivity index (χ1v) is 7.13. The summed E-state index contributed by atoms with van der Waals surface area (Å²) in [7, 11) is 1.92. The van der Waals surface area contributed by atoms with Gasteiger partial charge in [0.15, 0.2) is 3.84 Å². The van der Waals surface area contributed by atoms with Gasteiger partial charge in [0.05, 0.1) is 18.1 Å². The number of halogens is 3. The number of nitrogens with zero attached hydrogens (tertiary/aromatic N) is 2. The topological polar surface area (TPSA) is 39.7 Å². The Bertz CT molecular complexity index is 603. The van der Waals surface area contributed by atoms with Crippen molar-refractivity contribution < 1.29 is 4.39 Å². The number of benzene rings is 1. The number of rotatable bonds is 1. The van der Waals surface area contributed by atoms with E-state index in [2.05, 4.69) is 38.2 Å². The Labute approximate surface area is 128 Å². The zero-order valence-electron chi connectivity index (χ0n) is 10.0. The molecule has 0 spiro atoms. The Hall–Kier alpha value is -0.860. The van der Waals surface area contributed by atoms with Gasteiger partial charge in [0.25, 0.3) is 0 Å². The lowest BCUT2D eigenvalue weighted by Gasteiger charge is -2.29. The molecule has 2 heterocycles. The van der Waals surface area contributed by atoms with Crippen molar-refractivity contribution in [3.63, 3.8) is 0 Å². The summed E-state index contributed by atoms with van der Waals surface area (Å²) in [6, 6.07) is 6.42. The van der Waals surface area contributed by atoms with E-state index in [1.54, 1.807) is 6.07 Å². The number of fused-ring (bicyclic) bond motifs is 1. The van der Waals surface area contributed by atoms with Crippen molar-refractivity contribution in [1.29, 1.82) is 0 Å². The Morgan fingerprint density at radius 1 is 1.53 bits per heavy atom. The van der Waals surface area contributed by atoms with Gasteiger partial charge in [-0.15, -0.1) is 0 Å². The molecular weight excluding hydrogens is 382 g/mol. The van der Waals surface area contributed by atoms with E-state index in [1.165, 1.54) is 12.1 Å². The quantitative estimate of drug-likeness (QED) is 0.438. The highest BCUT2D eigenvalue weighted by Gasteiger charge is 2.44. The fourth-order valence-corrected chi connectivity index (χ4v) is 3.42. The summed E-state index contributed by atoms with van der Waals surface area (Å²) in [5, 5.41) is 5.33. The number of alkyl halides is 1. The zero-order valence-corrected chi connectivity index (χ0v) is 13.0. The molecule has 0 bridgehead atoms. The van der Waals surface area contributed by atoms with Gasteiger partial charge in [0, 0.05) is 12.6 Å². The molecule has 1 saturated heterocycles. The van der Waals surface area contributed by atoms with Gasteiger partial charge in [-0.1, -0.05) is 23.7 Å². The molecule has 0 aromatic heterocycles. The molecule has 1 aromatic rings. The largest absolute Gasteiger partial charge is 0.359 e. The first-order chi connectivity index (χ1) is 8.99. The Balaban J connectivity index is 2.17. The Morgan fingerprint density at radius 3 is 3.05 bits per heavy atom. The number of amidine groups is 1. The van der Waals surface area contributed by atoms with Crippen LogP contribution in [-0.2, 0) is 0 Å². The van der Waals surface area contributed by atoms with Crippen LogP contribution in [0, 0.1) is 5.82 Å². The summed E-state index contributed by atoms with van der Waals surface area (Å²) in [5.74, 6) is -0.279. The molecule has 0 radical (unpaired) electrons. The second-order valence-electron chi connectivity index (χ2n) is 4.42. The van der Waals surface area contributed by atoms with Gasteiger partial charge in [-0.3, -0.25) is 5.32 Å². The van der Waals surface area contributed by atoms with E-state index in [0.717, 1.165) is 17.0 Å². The van der Waals surface area contributed by atoms with Crippen molar-refractivity contribution in [3.05, 3.63) is 41.3 Å². The minimum absolute atomic E-state index is 0.279. The molecule has 4 nitrogen and oxygen atoms in total. The molecule has 2 aliphatic rings. The third-order valence-corrected chi connectivity index (χ3v) is 3.98. The molecule has 0 aliphatic carbocycles. The second-order valence-corrected chi connectivity index (χ2v) is 5.99. The van der Waals surface area contributed by atoms with Gasteiger partial charge in [0.2, 0.25) is 5.12 Å². The van der Waals surface area contributed by atoms with Crippen LogP contribution in [0.25, 0.3) is 5.70 Å². The van der Waals surface area contributed by atoms with Gasteiger partial charge in [-0.25, -0.2) is 9.38 Å². The first kappa shape index (κ1) is 13.1. The first-order valence-electron chi connectivity index (χ1n) is 5.68. The smallest absolute Gasteiger partial charge is 0.233 e. The minimum Gasteiger partial charge on any atom is -0.359 e. The standard InChI is InChI=1S/C12H11ClFIN4/c1-19-6-16-12(13)10(19)9(17-11(15)18-12)7-3-2-4-8(14)5-7/h2-5,16H,6H2,1H3,(H,17,18). The molecule has 1 atom stereocenters. The second kappa shape index (κ2) is 4.60. The monoisotopic (exact) mass is 392 g/mol. The maximum Gasteiger partial charge on any atom is 0.233 e. The number of aliphatic imine (C=N–C) groups is 1. The van der Waals surface area contributed by atoms with Crippen LogP contribution >= 0.6 is 34.2 Å². The lowest BCUT2D eigenvalue weighted by Crippen LogP contribution is -2.40. The van der Waals surface area contributed by atoms with E-state index in [0.29, 0.717) is 10.5 Å². The molecule has 100 valence electrons. The van der Waals surface area contributed by atoms with E-state index in [4.69, 9.17) is 11.6 Å². The molecule has 1 aromatic carbocycles. The van der Waals surface area contributed by atoms with Gasteiger partial charge in [-0.2, -0.15) is 0 Å². The van der Waals surface area contributed by atoms with Crippen LogP contribution in [-0.4, -0.2) is 27.6 Å². The number of hydrogen-bond acceptors (Lipinski definition) is 4. The molecule has 0 amide bonds. The summed E-state index contributed by atoms with van der Waals surface area (Å²) in [6.07, 6.45) is 0. The lowest BCUT2D eigenvalue weighted by atomic mass is 10.1. The van der Waals surface area contributed by atoms with E-state index in [9.17, 15) is 4.39 Å². The Kier molecular flexibility index (Phi) is 3.18. The van der Waals surface area contributed by atoms with Crippen molar-refractivity contribution in [1.82, 2.24) is 15.5 Å². The maximum absolute atomic E-state index is 13.4. The van der Waals surface area contributed by atoms with E-state index < -0.39 is 5.12 Å². The number of hydrogen-bond donors (Lipinski definition) is 2.